The largest absolute Gasteiger partial charge is 0.383 e. The Morgan fingerprint density at radius 3 is 2.45 bits per heavy atom. The van der Waals surface area contributed by atoms with Crippen molar-refractivity contribution in [2.24, 2.45) is 0 Å². The zero-order valence-electron chi connectivity index (χ0n) is 16.7. The highest BCUT2D eigenvalue weighted by atomic mass is 35.5. The molecule has 1 aromatic heterocycles. The fourth-order valence-electron chi connectivity index (χ4n) is 2.87. The van der Waals surface area contributed by atoms with E-state index in [0.717, 1.165) is 40.9 Å². The third-order valence-electron chi connectivity index (χ3n) is 4.42. The molecule has 0 fully saturated rings. The number of sulfone groups is 1. The lowest BCUT2D eigenvalue weighted by Gasteiger charge is -2.14. The normalized spacial score (nSPS) is 12.2. The van der Waals surface area contributed by atoms with E-state index in [4.69, 9.17) is 16.6 Å². The second kappa shape index (κ2) is 8.95. The van der Waals surface area contributed by atoms with Gasteiger partial charge in [0.1, 0.15) is 0 Å². The molecule has 0 bridgehead atoms. The van der Waals surface area contributed by atoms with E-state index in [-0.39, 0.29) is 0 Å². The van der Waals surface area contributed by atoms with Gasteiger partial charge in [0.2, 0.25) is 0 Å². The summed E-state index contributed by atoms with van der Waals surface area (Å²) in [5.74, 6) is 0. The first kappa shape index (κ1) is 21.3. The fraction of sp³-hybridized carbons (Fsp3) is 0.227. The maximum absolute atomic E-state index is 11.6. The van der Waals surface area contributed by atoms with Gasteiger partial charge >= 0.3 is 0 Å². The van der Waals surface area contributed by atoms with Crippen LogP contribution < -0.4 is 5.32 Å². The number of nitrogens with zero attached hydrogens (tertiary/aromatic N) is 2. The molecule has 0 atom stereocenters. The quantitative estimate of drug-likeness (QED) is 0.601. The Labute approximate surface area is 176 Å². The molecule has 0 unspecified atom stereocenters. The van der Waals surface area contributed by atoms with E-state index in [2.05, 4.69) is 10.2 Å². The maximum atomic E-state index is 11.6. The van der Waals surface area contributed by atoms with Crippen LogP contribution in [0.1, 0.15) is 11.3 Å². The maximum Gasteiger partial charge on any atom is 0.175 e. The van der Waals surface area contributed by atoms with E-state index in [1.165, 1.54) is 6.26 Å². The number of anilines is 1. The van der Waals surface area contributed by atoms with E-state index in [1.54, 1.807) is 24.3 Å². The number of hydrogen-bond donors (Lipinski definition) is 1. The number of fused-ring (bicyclic) bond motifs is 1. The summed E-state index contributed by atoms with van der Waals surface area (Å²) >= 11 is 6.18. The molecule has 0 saturated carbocycles. The van der Waals surface area contributed by atoms with Crippen LogP contribution in [0.15, 0.2) is 53.4 Å². The molecule has 152 valence electrons. The van der Waals surface area contributed by atoms with Crippen LogP contribution in [0.3, 0.4) is 0 Å². The molecule has 1 N–H and O–H groups in total. The van der Waals surface area contributed by atoms with E-state index in [9.17, 15) is 8.42 Å². The van der Waals surface area contributed by atoms with Crippen LogP contribution in [0.5, 0.6) is 0 Å². The predicted octanol–water partition coefficient (Wildman–Crippen LogP) is 4.44. The standard InChI is InChI=1S/C22H24ClN3O2S/c1-26(2)13-12-24-22-15-18(25-21-11-7-17(23)14-20(21)22)8-4-16-5-9-19(10-6-16)29(3,27)28/h4-11,14-15H,12-13H2,1-3H3,(H,24,25)/b8-4+. The summed E-state index contributed by atoms with van der Waals surface area (Å²) in [5, 5.41) is 5.12. The molecule has 0 aliphatic rings. The number of halogens is 1. The van der Waals surface area contributed by atoms with Crippen molar-refractivity contribution < 1.29 is 8.42 Å². The monoisotopic (exact) mass is 429 g/mol. The number of hydrogen-bond acceptors (Lipinski definition) is 5. The third kappa shape index (κ3) is 5.79. The van der Waals surface area contributed by atoms with Crippen molar-refractivity contribution in [3.63, 3.8) is 0 Å². The topological polar surface area (TPSA) is 62.3 Å². The Balaban J connectivity index is 1.90. The Hall–Kier alpha value is -2.41. The summed E-state index contributed by atoms with van der Waals surface area (Å²) in [6.45, 7) is 1.71. The summed E-state index contributed by atoms with van der Waals surface area (Å²) < 4.78 is 23.2. The average molecular weight is 430 g/mol. The highest BCUT2D eigenvalue weighted by Gasteiger charge is 2.07. The van der Waals surface area contributed by atoms with Gasteiger partial charge in [-0.05, 0) is 62.1 Å². The molecular weight excluding hydrogens is 406 g/mol. The summed E-state index contributed by atoms with van der Waals surface area (Å²) in [6, 6.07) is 14.4. The third-order valence-corrected chi connectivity index (χ3v) is 5.78. The molecule has 29 heavy (non-hydrogen) atoms. The predicted molar refractivity (Wildman–Crippen MR) is 122 cm³/mol. The van der Waals surface area contributed by atoms with Crippen molar-refractivity contribution in [3.8, 4) is 0 Å². The first-order valence-corrected chi connectivity index (χ1v) is 11.5. The van der Waals surface area contributed by atoms with Gasteiger partial charge in [-0.1, -0.05) is 29.8 Å². The molecule has 0 spiro atoms. The summed E-state index contributed by atoms with van der Waals surface area (Å²) in [7, 11) is 0.874. The molecule has 0 aliphatic carbocycles. The lowest BCUT2D eigenvalue weighted by molar-refractivity contribution is 0.425. The molecule has 7 heteroatoms. The van der Waals surface area contributed by atoms with Gasteiger partial charge in [0.05, 0.1) is 16.1 Å². The summed E-state index contributed by atoms with van der Waals surface area (Å²) in [5.41, 5.74) is 3.54. The van der Waals surface area contributed by atoms with Crippen molar-refractivity contribution in [1.29, 1.82) is 0 Å². The van der Waals surface area contributed by atoms with E-state index >= 15 is 0 Å². The number of pyridine rings is 1. The molecule has 1 heterocycles. The van der Waals surface area contributed by atoms with Gasteiger partial charge in [0.25, 0.3) is 0 Å². The minimum Gasteiger partial charge on any atom is -0.383 e. The van der Waals surface area contributed by atoms with Gasteiger partial charge < -0.3 is 10.2 Å². The van der Waals surface area contributed by atoms with Gasteiger partial charge in [0, 0.05) is 35.4 Å². The molecule has 0 saturated heterocycles. The van der Waals surface area contributed by atoms with Gasteiger partial charge in [-0.3, -0.25) is 0 Å². The molecule has 2 aromatic carbocycles. The van der Waals surface area contributed by atoms with Crippen LogP contribution in [-0.4, -0.2) is 51.7 Å². The van der Waals surface area contributed by atoms with Gasteiger partial charge in [-0.25, -0.2) is 13.4 Å². The molecule has 0 aliphatic heterocycles. The number of aromatic nitrogens is 1. The molecular formula is C22H24ClN3O2S. The fourth-order valence-corrected chi connectivity index (χ4v) is 3.67. The van der Waals surface area contributed by atoms with Crippen LogP contribution in [0.4, 0.5) is 5.69 Å². The van der Waals surface area contributed by atoms with Gasteiger partial charge in [0.15, 0.2) is 9.84 Å². The SMILES string of the molecule is CN(C)CCNc1cc(/C=C/c2ccc(S(C)(=O)=O)cc2)nc2ccc(Cl)cc12. The Morgan fingerprint density at radius 2 is 1.79 bits per heavy atom. The van der Waals surface area contributed by atoms with Crippen LogP contribution >= 0.6 is 11.6 Å². The Kier molecular flexibility index (Phi) is 6.57. The van der Waals surface area contributed by atoms with Crippen LogP contribution in [0, 0.1) is 0 Å². The number of rotatable bonds is 7. The lowest BCUT2D eigenvalue weighted by atomic mass is 10.1. The minimum absolute atomic E-state index is 0.308. The zero-order valence-corrected chi connectivity index (χ0v) is 18.3. The Morgan fingerprint density at radius 1 is 1.07 bits per heavy atom. The second-order valence-corrected chi connectivity index (χ2v) is 9.61. The number of nitrogens with one attached hydrogen (secondary N) is 1. The molecule has 0 radical (unpaired) electrons. The highest BCUT2D eigenvalue weighted by Crippen LogP contribution is 2.27. The van der Waals surface area contributed by atoms with E-state index < -0.39 is 9.84 Å². The summed E-state index contributed by atoms with van der Waals surface area (Å²) in [6.07, 6.45) is 5.04. The molecule has 0 amide bonds. The minimum atomic E-state index is -3.19. The molecule has 5 nitrogen and oxygen atoms in total. The van der Waals surface area contributed by atoms with Crippen molar-refractivity contribution in [2.45, 2.75) is 4.90 Å². The smallest absolute Gasteiger partial charge is 0.175 e. The van der Waals surface area contributed by atoms with E-state index in [1.807, 2.05) is 50.5 Å². The van der Waals surface area contributed by atoms with Crippen molar-refractivity contribution in [3.05, 3.63) is 64.8 Å². The van der Waals surface area contributed by atoms with Crippen molar-refractivity contribution in [2.75, 3.05) is 38.8 Å². The van der Waals surface area contributed by atoms with E-state index in [0.29, 0.717) is 9.92 Å². The zero-order chi connectivity index (χ0) is 21.0. The van der Waals surface area contributed by atoms with Crippen LogP contribution in [0.2, 0.25) is 5.02 Å². The first-order valence-electron chi connectivity index (χ1n) is 9.19. The average Bonchev–Trinajstić information content (AvgIpc) is 2.66. The van der Waals surface area contributed by atoms with Crippen LogP contribution in [-0.2, 0) is 9.84 Å². The number of benzene rings is 2. The van der Waals surface area contributed by atoms with Gasteiger partial charge in [-0.2, -0.15) is 0 Å². The first-order chi connectivity index (χ1) is 13.7. The number of likely N-dealkylation sites (N-methyl/N-ethyl adjacent to an activating group) is 1. The lowest BCUT2D eigenvalue weighted by Crippen LogP contribution is -2.20. The van der Waals surface area contributed by atoms with Gasteiger partial charge in [-0.15, -0.1) is 0 Å². The second-order valence-electron chi connectivity index (χ2n) is 7.16. The molecule has 3 aromatic rings. The van der Waals surface area contributed by atoms with Crippen LogP contribution in [0.25, 0.3) is 23.1 Å². The molecule has 3 rings (SSSR count). The highest BCUT2D eigenvalue weighted by molar-refractivity contribution is 7.90. The van der Waals surface area contributed by atoms with Crippen molar-refractivity contribution >= 4 is 50.2 Å². The van der Waals surface area contributed by atoms with Crippen molar-refractivity contribution in [1.82, 2.24) is 9.88 Å². The Bertz CT molecular complexity index is 1140. The summed E-state index contributed by atoms with van der Waals surface area (Å²) in [4.78, 5) is 7.12.